The van der Waals surface area contributed by atoms with Crippen molar-refractivity contribution in [3.8, 4) is 0 Å². The third kappa shape index (κ3) is 2.86. The van der Waals surface area contributed by atoms with E-state index in [1.54, 1.807) is 0 Å². The molecule has 4 aromatic rings. The Morgan fingerprint density at radius 1 is 0.615 bits per heavy atom. The van der Waals surface area contributed by atoms with Gasteiger partial charge in [-0.3, -0.25) is 0 Å². The summed E-state index contributed by atoms with van der Waals surface area (Å²) >= 11 is 0. The van der Waals surface area contributed by atoms with Crippen LogP contribution in [0.4, 0.5) is 0 Å². The van der Waals surface area contributed by atoms with Gasteiger partial charge in [0.15, 0.2) is 0 Å². The molecule has 0 radical (unpaired) electrons. The fourth-order valence-corrected chi connectivity index (χ4v) is 4.21. The summed E-state index contributed by atoms with van der Waals surface area (Å²) in [6, 6.07) is 22.1. The van der Waals surface area contributed by atoms with Crippen molar-refractivity contribution >= 4 is 32.3 Å². The van der Waals surface area contributed by atoms with Gasteiger partial charge in [-0.25, -0.2) is 0 Å². The summed E-state index contributed by atoms with van der Waals surface area (Å²) in [5.74, 6) is 0. The summed E-state index contributed by atoms with van der Waals surface area (Å²) in [6.45, 7) is 4.17. The summed E-state index contributed by atoms with van der Waals surface area (Å²) in [5.41, 5.74) is 15.2. The van der Waals surface area contributed by atoms with Gasteiger partial charge in [0.25, 0.3) is 0 Å². The van der Waals surface area contributed by atoms with E-state index < -0.39 is 0 Å². The minimum Gasteiger partial charge on any atom is -0.328 e. The molecule has 0 spiro atoms. The molecule has 0 aliphatic rings. The van der Waals surface area contributed by atoms with Crippen molar-refractivity contribution in [1.29, 1.82) is 0 Å². The van der Waals surface area contributed by atoms with Crippen molar-refractivity contribution < 1.29 is 0 Å². The van der Waals surface area contributed by atoms with Crippen molar-refractivity contribution in [1.82, 2.24) is 0 Å². The number of benzene rings is 4. The maximum atomic E-state index is 6.25. The zero-order valence-corrected chi connectivity index (χ0v) is 15.5. The molecule has 2 atom stereocenters. The quantitative estimate of drug-likeness (QED) is 0.408. The molecular formula is C24H26N2. The lowest BCUT2D eigenvalue weighted by Crippen LogP contribution is -2.20. The van der Waals surface area contributed by atoms with E-state index in [1.807, 2.05) is 0 Å². The largest absolute Gasteiger partial charge is 0.328 e. The standard InChI is InChI=1S/C24H26N2/c1-15(25)13-22-19-9-5-6-10-20(19)23(14-16(2)26)24-18-8-4-3-7-17(18)11-12-21(22)24/h3-12,15-16H,13-14,25-26H2,1-2H3. The van der Waals surface area contributed by atoms with Gasteiger partial charge in [0.05, 0.1) is 0 Å². The van der Waals surface area contributed by atoms with Crippen LogP contribution in [0.5, 0.6) is 0 Å². The Bertz CT molecular complexity index is 1090. The lowest BCUT2D eigenvalue weighted by atomic mass is 9.85. The smallest absolute Gasteiger partial charge is 0.00513 e. The molecule has 0 aromatic heterocycles. The molecule has 0 heterocycles. The Hall–Kier alpha value is -2.42. The molecule has 0 saturated carbocycles. The van der Waals surface area contributed by atoms with Crippen LogP contribution in [0, 0.1) is 0 Å². The van der Waals surface area contributed by atoms with Crippen LogP contribution in [0.2, 0.25) is 0 Å². The van der Waals surface area contributed by atoms with E-state index in [2.05, 4.69) is 74.5 Å². The van der Waals surface area contributed by atoms with Gasteiger partial charge in [-0.2, -0.15) is 0 Å². The Morgan fingerprint density at radius 3 is 1.81 bits per heavy atom. The Morgan fingerprint density at radius 2 is 1.15 bits per heavy atom. The van der Waals surface area contributed by atoms with Gasteiger partial charge in [0.1, 0.15) is 0 Å². The van der Waals surface area contributed by atoms with E-state index in [4.69, 9.17) is 11.5 Å². The van der Waals surface area contributed by atoms with Gasteiger partial charge in [-0.15, -0.1) is 0 Å². The van der Waals surface area contributed by atoms with Crippen LogP contribution in [-0.2, 0) is 12.8 Å². The zero-order valence-electron chi connectivity index (χ0n) is 15.5. The molecule has 26 heavy (non-hydrogen) atoms. The number of hydrogen-bond acceptors (Lipinski definition) is 2. The van der Waals surface area contributed by atoms with Crippen molar-refractivity contribution in [3.05, 3.63) is 71.8 Å². The minimum absolute atomic E-state index is 0.111. The molecule has 0 aliphatic heterocycles. The molecule has 4 N–H and O–H groups in total. The normalized spacial score (nSPS) is 14.2. The van der Waals surface area contributed by atoms with Gasteiger partial charge >= 0.3 is 0 Å². The zero-order chi connectivity index (χ0) is 18.3. The maximum Gasteiger partial charge on any atom is 0.00513 e. The van der Waals surface area contributed by atoms with Crippen molar-refractivity contribution in [2.24, 2.45) is 11.5 Å². The molecule has 0 aliphatic carbocycles. The molecule has 4 rings (SSSR count). The summed E-state index contributed by atoms with van der Waals surface area (Å²) in [7, 11) is 0. The van der Waals surface area contributed by atoms with Crippen LogP contribution in [0.15, 0.2) is 60.7 Å². The van der Waals surface area contributed by atoms with Crippen molar-refractivity contribution in [3.63, 3.8) is 0 Å². The SMILES string of the molecule is CC(N)Cc1c2ccccc2c(CC(C)N)c2c1ccc1ccccc12. The van der Waals surface area contributed by atoms with Crippen LogP contribution in [0.3, 0.4) is 0 Å². The van der Waals surface area contributed by atoms with Crippen LogP contribution in [0.1, 0.15) is 25.0 Å². The van der Waals surface area contributed by atoms with Gasteiger partial charge in [0.2, 0.25) is 0 Å². The second-order valence-corrected chi connectivity index (χ2v) is 7.57. The fraction of sp³-hybridized carbons (Fsp3) is 0.250. The third-order valence-electron chi connectivity index (χ3n) is 5.19. The van der Waals surface area contributed by atoms with Crippen LogP contribution in [-0.4, -0.2) is 12.1 Å². The molecule has 2 nitrogen and oxygen atoms in total. The summed E-state index contributed by atoms with van der Waals surface area (Å²) in [4.78, 5) is 0. The Labute approximate surface area is 154 Å². The highest BCUT2D eigenvalue weighted by Gasteiger charge is 2.17. The third-order valence-corrected chi connectivity index (χ3v) is 5.19. The Kier molecular flexibility index (Phi) is 4.39. The average Bonchev–Trinajstić information content (AvgIpc) is 2.63. The lowest BCUT2D eigenvalue weighted by Gasteiger charge is -2.20. The first kappa shape index (κ1) is 17.0. The first-order valence-corrected chi connectivity index (χ1v) is 9.41. The van der Waals surface area contributed by atoms with Crippen LogP contribution >= 0.6 is 0 Å². The highest BCUT2D eigenvalue weighted by atomic mass is 14.6. The molecule has 2 heteroatoms. The first-order chi connectivity index (χ1) is 12.6. The minimum atomic E-state index is 0.111. The lowest BCUT2D eigenvalue weighted by molar-refractivity contribution is 0.740. The maximum absolute atomic E-state index is 6.25. The Balaban J connectivity index is 2.24. The monoisotopic (exact) mass is 342 g/mol. The molecule has 0 amide bonds. The molecule has 0 bridgehead atoms. The second kappa shape index (κ2) is 6.71. The molecule has 132 valence electrons. The summed E-state index contributed by atoms with van der Waals surface area (Å²) in [5, 5.41) is 7.85. The molecular weight excluding hydrogens is 316 g/mol. The van der Waals surface area contributed by atoms with E-state index in [1.165, 1.54) is 43.4 Å². The van der Waals surface area contributed by atoms with Gasteiger partial charge < -0.3 is 11.5 Å². The van der Waals surface area contributed by atoms with E-state index in [-0.39, 0.29) is 12.1 Å². The second-order valence-electron chi connectivity index (χ2n) is 7.57. The van der Waals surface area contributed by atoms with E-state index in [0.717, 1.165) is 12.8 Å². The van der Waals surface area contributed by atoms with Crippen LogP contribution in [0.25, 0.3) is 32.3 Å². The molecule has 0 saturated heterocycles. The van der Waals surface area contributed by atoms with Gasteiger partial charge in [-0.1, -0.05) is 60.7 Å². The first-order valence-electron chi connectivity index (χ1n) is 9.41. The predicted molar refractivity (Wildman–Crippen MR) is 114 cm³/mol. The highest BCUT2D eigenvalue weighted by Crippen LogP contribution is 2.38. The number of hydrogen-bond donors (Lipinski definition) is 2. The highest BCUT2D eigenvalue weighted by molar-refractivity contribution is 6.16. The van der Waals surface area contributed by atoms with Gasteiger partial charge in [0, 0.05) is 12.1 Å². The van der Waals surface area contributed by atoms with E-state index in [9.17, 15) is 0 Å². The fourth-order valence-electron chi connectivity index (χ4n) is 4.21. The van der Waals surface area contributed by atoms with E-state index >= 15 is 0 Å². The molecule has 2 unspecified atom stereocenters. The summed E-state index contributed by atoms with van der Waals surface area (Å²) < 4.78 is 0. The number of rotatable bonds is 4. The molecule has 0 fully saturated rings. The van der Waals surface area contributed by atoms with E-state index in [0.29, 0.717) is 0 Å². The summed E-state index contributed by atoms with van der Waals surface area (Å²) in [6.07, 6.45) is 1.73. The van der Waals surface area contributed by atoms with Crippen molar-refractivity contribution in [2.45, 2.75) is 38.8 Å². The number of fused-ring (bicyclic) bond motifs is 4. The van der Waals surface area contributed by atoms with Crippen molar-refractivity contribution in [2.75, 3.05) is 0 Å². The number of nitrogens with two attached hydrogens (primary N) is 2. The molecule has 4 aromatic carbocycles. The topological polar surface area (TPSA) is 52.0 Å². The predicted octanol–water partition coefficient (Wildman–Crippen LogP) is 4.93. The van der Waals surface area contributed by atoms with Gasteiger partial charge in [-0.05, 0) is 70.1 Å². The van der Waals surface area contributed by atoms with Crippen LogP contribution < -0.4 is 11.5 Å². The average molecular weight is 342 g/mol.